The third kappa shape index (κ3) is 2.23. The van der Waals surface area contributed by atoms with Crippen LogP contribution in [0.3, 0.4) is 0 Å². The fourth-order valence-electron chi connectivity index (χ4n) is 1.70. The van der Waals surface area contributed by atoms with E-state index >= 15 is 0 Å². The zero-order chi connectivity index (χ0) is 10.7. The highest BCUT2D eigenvalue weighted by atomic mass is 16.2. The van der Waals surface area contributed by atoms with Gasteiger partial charge in [0.2, 0.25) is 11.8 Å². The van der Waals surface area contributed by atoms with Crippen molar-refractivity contribution in [2.24, 2.45) is 0 Å². The molecule has 0 aromatic carbocycles. The number of aromatic amines is 1. The number of carbonyl (C=O) groups excluding carboxylic acids is 2. The van der Waals surface area contributed by atoms with Crippen molar-refractivity contribution in [2.75, 3.05) is 6.54 Å². The highest BCUT2D eigenvalue weighted by molar-refractivity contribution is 5.97. The number of hydrogen-bond donors (Lipinski definition) is 1. The number of hydrogen-bond acceptors (Lipinski definition) is 3. The van der Waals surface area contributed by atoms with Crippen LogP contribution in [0.1, 0.15) is 25.0 Å². The molecule has 1 N–H and O–H groups in total. The number of nitrogens with zero attached hydrogens (tertiary/aromatic N) is 2. The first-order chi connectivity index (χ1) is 7.27. The van der Waals surface area contributed by atoms with Gasteiger partial charge in [0.1, 0.15) is 0 Å². The molecule has 0 aliphatic carbocycles. The van der Waals surface area contributed by atoms with Gasteiger partial charge in [-0.05, 0) is 6.42 Å². The lowest BCUT2D eigenvalue weighted by atomic mass is 10.1. The topological polar surface area (TPSA) is 66.1 Å². The van der Waals surface area contributed by atoms with Crippen LogP contribution in [-0.4, -0.2) is 33.2 Å². The van der Waals surface area contributed by atoms with Gasteiger partial charge < -0.3 is 4.98 Å². The molecule has 1 aliphatic heterocycles. The van der Waals surface area contributed by atoms with Crippen molar-refractivity contribution in [3.05, 3.63) is 18.2 Å². The summed E-state index contributed by atoms with van der Waals surface area (Å²) in [5, 5.41) is 0. The monoisotopic (exact) mass is 207 g/mol. The number of rotatable bonds is 3. The molecule has 1 aromatic heterocycles. The van der Waals surface area contributed by atoms with E-state index in [1.807, 2.05) is 0 Å². The maximum Gasteiger partial charge on any atom is 0.229 e. The number of amides is 2. The lowest BCUT2D eigenvalue weighted by molar-refractivity contribution is -0.147. The first kappa shape index (κ1) is 9.89. The summed E-state index contributed by atoms with van der Waals surface area (Å²) in [4.78, 5) is 31.1. The third-order valence-corrected chi connectivity index (χ3v) is 2.54. The molecule has 0 radical (unpaired) electrons. The Morgan fingerprint density at radius 1 is 1.33 bits per heavy atom. The van der Waals surface area contributed by atoms with Crippen molar-refractivity contribution in [3.63, 3.8) is 0 Å². The van der Waals surface area contributed by atoms with Gasteiger partial charge in [0, 0.05) is 37.7 Å². The Kier molecular flexibility index (Phi) is 2.80. The fourth-order valence-corrected chi connectivity index (χ4v) is 1.70. The highest BCUT2D eigenvalue weighted by Gasteiger charge is 2.25. The van der Waals surface area contributed by atoms with Crippen LogP contribution in [0.25, 0.3) is 0 Å². The molecule has 2 rings (SSSR count). The van der Waals surface area contributed by atoms with Crippen molar-refractivity contribution < 1.29 is 9.59 Å². The van der Waals surface area contributed by atoms with Crippen LogP contribution in [0.5, 0.6) is 0 Å². The van der Waals surface area contributed by atoms with E-state index in [1.165, 1.54) is 4.90 Å². The minimum absolute atomic E-state index is 0.0502. The van der Waals surface area contributed by atoms with Crippen molar-refractivity contribution in [2.45, 2.75) is 25.7 Å². The van der Waals surface area contributed by atoms with Gasteiger partial charge in [-0.15, -0.1) is 0 Å². The Labute approximate surface area is 87.5 Å². The summed E-state index contributed by atoms with van der Waals surface area (Å²) in [5.41, 5.74) is 0.946. The average molecular weight is 207 g/mol. The molecule has 0 spiro atoms. The van der Waals surface area contributed by atoms with E-state index in [1.54, 1.807) is 12.5 Å². The van der Waals surface area contributed by atoms with Crippen LogP contribution in [0.2, 0.25) is 0 Å². The first-order valence-electron chi connectivity index (χ1n) is 5.08. The molecule has 0 saturated carbocycles. The van der Waals surface area contributed by atoms with E-state index in [-0.39, 0.29) is 11.8 Å². The molecule has 1 aromatic rings. The molecule has 0 atom stereocenters. The molecule has 15 heavy (non-hydrogen) atoms. The highest BCUT2D eigenvalue weighted by Crippen LogP contribution is 2.12. The van der Waals surface area contributed by atoms with Crippen LogP contribution >= 0.6 is 0 Å². The molecule has 2 amide bonds. The normalized spacial score (nSPS) is 17.2. The van der Waals surface area contributed by atoms with Crippen LogP contribution in [0.4, 0.5) is 0 Å². The molecule has 1 aliphatic rings. The largest absolute Gasteiger partial charge is 0.348 e. The fraction of sp³-hybridized carbons (Fsp3) is 0.500. The molecule has 0 bridgehead atoms. The average Bonchev–Trinajstić information content (AvgIpc) is 2.70. The summed E-state index contributed by atoms with van der Waals surface area (Å²) in [6.45, 7) is 0.458. The minimum Gasteiger partial charge on any atom is -0.348 e. The number of H-pyrrole nitrogens is 1. The van der Waals surface area contributed by atoms with E-state index in [2.05, 4.69) is 9.97 Å². The number of imide groups is 1. The van der Waals surface area contributed by atoms with Crippen LogP contribution in [-0.2, 0) is 16.0 Å². The quantitative estimate of drug-likeness (QED) is 0.733. The van der Waals surface area contributed by atoms with E-state index in [0.29, 0.717) is 32.2 Å². The van der Waals surface area contributed by atoms with Crippen molar-refractivity contribution in [3.8, 4) is 0 Å². The molecule has 80 valence electrons. The summed E-state index contributed by atoms with van der Waals surface area (Å²) >= 11 is 0. The summed E-state index contributed by atoms with van der Waals surface area (Å²) in [6.07, 6.45) is 5.63. The van der Waals surface area contributed by atoms with E-state index in [9.17, 15) is 9.59 Å². The number of aromatic nitrogens is 2. The maximum absolute atomic E-state index is 11.4. The summed E-state index contributed by atoms with van der Waals surface area (Å²) in [7, 11) is 0. The van der Waals surface area contributed by atoms with Crippen LogP contribution in [0, 0.1) is 0 Å². The summed E-state index contributed by atoms with van der Waals surface area (Å²) < 4.78 is 0. The zero-order valence-corrected chi connectivity index (χ0v) is 8.40. The standard InChI is InChI=1S/C10H13N3O2/c14-9-2-1-3-10(15)13(9)5-4-8-6-11-7-12-8/h6-7H,1-5H2,(H,11,12). The lowest BCUT2D eigenvalue weighted by Gasteiger charge is -2.24. The molecular weight excluding hydrogens is 194 g/mol. The minimum atomic E-state index is -0.0502. The molecule has 0 unspecified atom stereocenters. The van der Waals surface area contributed by atoms with Gasteiger partial charge in [-0.1, -0.05) is 0 Å². The van der Waals surface area contributed by atoms with Gasteiger partial charge in [-0.3, -0.25) is 14.5 Å². The number of imidazole rings is 1. The number of piperidine rings is 1. The molecular formula is C10H13N3O2. The SMILES string of the molecule is O=C1CCCC(=O)N1CCc1cnc[nH]1. The third-order valence-electron chi connectivity index (χ3n) is 2.54. The van der Waals surface area contributed by atoms with Gasteiger partial charge in [-0.2, -0.15) is 0 Å². The number of nitrogens with one attached hydrogen (secondary N) is 1. The first-order valence-corrected chi connectivity index (χ1v) is 5.08. The van der Waals surface area contributed by atoms with Gasteiger partial charge >= 0.3 is 0 Å². The van der Waals surface area contributed by atoms with Gasteiger partial charge in [0.05, 0.1) is 6.33 Å². The Morgan fingerprint density at radius 2 is 2.07 bits per heavy atom. The second-order valence-electron chi connectivity index (χ2n) is 3.62. The van der Waals surface area contributed by atoms with Gasteiger partial charge in [-0.25, -0.2) is 4.98 Å². The van der Waals surface area contributed by atoms with E-state index in [0.717, 1.165) is 5.69 Å². The van der Waals surface area contributed by atoms with Gasteiger partial charge in [0.15, 0.2) is 0 Å². The summed E-state index contributed by atoms with van der Waals surface area (Å²) in [5.74, 6) is -0.100. The van der Waals surface area contributed by atoms with Crippen molar-refractivity contribution >= 4 is 11.8 Å². The van der Waals surface area contributed by atoms with Gasteiger partial charge in [0.25, 0.3) is 0 Å². The van der Waals surface area contributed by atoms with Crippen molar-refractivity contribution in [1.29, 1.82) is 0 Å². The molecule has 5 nitrogen and oxygen atoms in total. The number of likely N-dealkylation sites (tertiary alicyclic amines) is 1. The van der Waals surface area contributed by atoms with E-state index < -0.39 is 0 Å². The lowest BCUT2D eigenvalue weighted by Crippen LogP contribution is -2.41. The predicted octanol–water partition coefficient (Wildman–Crippen LogP) is 0.491. The Bertz CT molecular complexity index is 343. The van der Waals surface area contributed by atoms with Crippen molar-refractivity contribution in [1.82, 2.24) is 14.9 Å². The predicted molar refractivity (Wildman–Crippen MR) is 52.9 cm³/mol. The Morgan fingerprint density at radius 3 is 2.67 bits per heavy atom. The molecule has 1 fully saturated rings. The summed E-state index contributed by atoms with van der Waals surface area (Å²) in [6, 6.07) is 0. The zero-order valence-electron chi connectivity index (χ0n) is 8.40. The number of carbonyl (C=O) groups is 2. The maximum atomic E-state index is 11.4. The molecule has 5 heteroatoms. The second kappa shape index (κ2) is 4.25. The van der Waals surface area contributed by atoms with Crippen LogP contribution in [0.15, 0.2) is 12.5 Å². The Hall–Kier alpha value is -1.65. The smallest absolute Gasteiger partial charge is 0.229 e. The van der Waals surface area contributed by atoms with E-state index in [4.69, 9.17) is 0 Å². The second-order valence-corrected chi connectivity index (χ2v) is 3.62. The van der Waals surface area contributed by atoms with Crippen LogP contribution < -0.4 is 0 Å². The Balaban J connectivity index is 1.92. The molecule has 2 heterocycles. The molecule has 1 saturated heterocycles.